The summed E-state index contributed by atoms with van der Waals surface area (Å²) in [4.78, 5) is 23.4. The predicted molar refractivity (Wildman–Crippen MR) is 122 cm³/mol. The highest BCUT2D eigenvalue weighted by atomic mass is 19.1. The molecule has 3 rings (SSSR count). The lowest BCUT2D eigenvalue weighted by Crippen LogP contribution is -2.32. The molecule has 32 heavy (non-hydrogen) atoms. The topological polar surface area (TPSA) is 87.6 Å². The number of aromatic hydroxyl groups is 1. The molecule has 0 saturated heterocycles. The van der Waals surface area contributed by atoms with Gasteiger partial charge in [-0.3, -0.25) is 9.78 Å². The van der Waals surface area contributed by atoms with Crippen molar-refractivity contribution in [1.29, 1.82) is 0 Å². The van der Waals surface area contributed by atoms with E-state index in [2.05, 4.69) is 15.3 Å². The summed E-state index contributed by atoms with van der Waals surface area (Å²) in [5.74, 6) is -1.02. The molecule has 0 bridgehead atoms. The Morgan fingerprint density at radius 3 is 2.69 bits per heavy atom. The second-order valence-electron chi connectivity index (χ2n) is 7.65. The lowest BCUT2D eigenvalue weighted by molar-refractivity contribution is 0.0943. The van der Waals surface area contributed by atoms with Crippen LogP contribution in [0.5, 0.6) is 5.75 Å². The summed E-state index contributed by atoms with van der Waals surface area (Å²) >= 11 is 0. The number of ether oxygens (including phenoxy) is 1. The zero-order valence-corrected chi connectivity index (χ0v) is 18.4. The quantitative estimate of drug-likeness (QED) is 0.534. The highest BCUT2D eigenvalue weighted by Gasteiger charge is 2.19. The van der Waals surface area contributed by atoms with Crippen molar-refractivity contribution in [2.75, 3.05) is 40.9 Å². The molecular formula is C24H27FN4O3. The van der Waals surface area contributed by atoms with Crippen molar-refractivity contribution in [3.63, 3.8) is 0 Å². The van der Waals surface area contributed by atoms with Crippen LogP contribution in [0.4, 0.5) is 4.39 Å². The van der Waals surface area contributed by atoms with E-state index in [9.17, 15) is 14.3 Å². The van der Waals surface area contributed by atoms with Crippen LogP contribution in [0.25, 0.3) is 17.0 Å². The van der Waals surface area contributed by atoms with Gasteiger partial charge in [0.15, 0.2) is 11.4 Å². The van der Waals surface area contributed by atoms with E-state index >= 15 is 0 Å². The molecule has 168 valence electrons. The van der Waals surface area contributed by atoms with Crippen LogP contribution in [-0.4, -0.2) is 66.8 Å². The molecule has 1 amide bonds. The minimum Gasteiger partial charge on any atom is -0.504 e. The number of fused-ring (bicyclic) bond motifs is 1. The van der Waals surface area contributed by atoms with Crippen molar-refractivity contribution >= 4 is 22.9 Å². The Hall–Kier alpha value is -3.36. The van der Waals surface area contributed by atoms with E-state index in [1.165, 1.54) is 12.1 Å². The van der Waals surface area contributed by atoms with Crippen molar-refractivity contribution in [2.45, 2.75) is 6.42 Å². The molecule has 1 aromatic carbocycles. The standard InChI is InChI=1S/C24H27FN4O3/c1-29(2)11-10-26-24(31)22-23(30)21-19(20(28-22)5-4-12-32-3)14-17(15-27-21)13-16-6-8-18(25)9-7-16/h4-9,14-15,30H,10-13H2,1-3H3,(H,26,31). The largest absolute Gasteiger partial charge is 0.504 e. The number of amides is 1. The number of hydrogen-bond acceptors (Lipinski definition) is 6. The summed E-state index contributed by atoms with van der Waals surface area (Å²) in [7, 11) is 5.40. The normalized spacial score (nSPS) is 11.5. The molecule has 0 fully saturated rings. The fourth-order valence-corrected chi connectivity index (χ4v) is 3.19. The van der Waals surface area contributed by atoms with Crippen molar-refractivity contribution in [3.8, 4) is 5.75 Å². The van der Waals surface area contributed by atoms with Crippen molar-refractivity contribution < 1.29 is 19.0 Å². The second kappa shape index (κ2) is 10.8. The summed E-state index contributed by atoms with van der Waals surface area (Å²) in [6.07, 6.45) is 5.70. The number of benzene rings is 1. The van der Waals surface area contributed by atoms with Crippen LogP contribution < -0.4 is 5.32 Å². The van der Waals surface area contributed by atoms with Gasteiger partial charge >= 0.3 is 0 Å². The summed E-state index contributed by atoms with van der Waals surface area (Å²) in [6.45, 7) is 1.45. The molecule has 2 heterocycles. The van der Waals surface area contributed by atoms with Gasteiger partial charge in [-0.2, -0.15) is 0 Å². The number of likely N-dealkylation sites (N-methyl/N-ethyl adjacent to an activating group) is 1. The van der Waals surface area contributed by atoms with Gasteiger partial charge in [-0.1, -0.05) is 18.2 Å². The van der Waals surface area contributed by atoms with Crippen LogP contribution in [0.1, 0.15) is 27.3 Å². The van der Waals surface area contributed by atoms with E-state index in [4.69, 9.17) is 4.74 Å². The number of pyridine rings is 2. The minimum atomic E-state index is -0.468. The number of rotatable bonds is 9. The first kappa shape index (κ1) is 23.3. The molecule has 0 radical (unpaired) electrons. The Kier molecular flexibility index (Phi) is 7.86. The third-order valence-electron chi connectivity index (χ3n) is 4.82. The van der Waals surface area contributed by atoms with Crippen LogP contribution in [-0.2, 0) is 11.2 Å². The van der Waals surface area contributed by atoms with E-state index in [1.54, 1.807) is 37.6 Å². The lowest BCUT2D eigenvalue weighted by Gasteiger charge is -2.13. The van der Waals surface area contributed by atoms with Gasteiger partial charge in [0, 0.05) is 31.8 Å². The van der Waals surface area contributed by atoms with Crippen molar-refractivity contribution in [2.24, 2.45) is 0 Å². The molecular weight excluding hydrogens is 411 g/mol. The number of aromatic nitrogens is 2. The maximum absolute atomic E-state index is 13.2. The average Bonchev–Trinajstić information content (AvgIpc) is 2.76. The van der Waals surface area contributed by atoms with Gasteiger partial charge in [-0.05, 0) is 55.9 Å². The first-order chi connectivity index (χ1) is 15.4. The number of halogens is 1. The van der Waals surface area contributed by atoms with Crippen LogP contribution in [0.15, 0.2) is 42.6 Å². The minimum absolute atomic E-state index is 0.0768. The fraction of sp³-hybridized carbons (Fsp3) is 0.292. The van der Waals surface area contributed by atoms with Gasteiger partial charge in [0.1, 0.15) is 11.3 Å². The second-order valence-corrected chi connectivity index (χ2v) is 7.65. The SMILES string of the molecule is COCC=Cc1nc(C(=O)NCCN(C)C)c(O)c2ncc(Cc3ccc(F)cc3)cc12. The molecule has 0 aliphatic heterocycles. The Bertz CT molecular complexity index is 1110. The third kappa shape index (κ3) is 5.87. The lowest BCUT2D eigenvalue weighted by atomic mass is 10.0. The van der Waals surface area contributed by atoms with Crippen LogP contribution in [0.2, 0.25) is 0 Å². The van der Waals surface area contributed by atoms with Crippen molar-refractivity contribution in [1.82, 2.24) is 20.2 Å². The highest BCUT2D eigenvalue weighted by Crippen LogP contribution is 2.30. The molecule has 8 heteroatoms. The Morgan fingerprint density at radius 2 is 2.00 bits per heavy atom. The molecule has 0 saturated carbocycles. The Labute approximate surface area is 186 Å². The zero-order valence-electron chi connectivity index (χ0n) is 18.4. The first-order valence-corrected chi connectivity index (χ1v) is 10.2. The number of carbonyl (C=O) groups is 1. The van der Waals surface area contributed by atoms with Gasteiger partial charge in [0.05, 0.1) is 12.3 Å². The van der Waals surface area contributed by atoms with Gasteiger partial charge in [0.25, 0.3) is 5.91 Å². The van der Waals surface area contributed by atoms with E-state index in [0.717, 1.165) is 11.1 Å². The fourth-order valence-electron chi connectivity index (χ4n) is 3.19. The number of hydrogen-bond donors (Lipinski definition) is 2. The highest BCUT2D eigenvalue weighted by molar-refractivity contribution is 6.02. The maximum Gasteiger partial charge on any atom is 0.273 e. The van der Waals surface area contributed by atoms with E-state index in [-0.39, 0.29) is 22.8 Å². The van der Waals surface area contributed by atoms with Gasteiger partial charge in [-0.25, -0.2) is 9.37 Å². The molecule has 0 aliphatic carbocycles. The molecule has 0 atom stereocenters. The summed E-state index contributed by atoms with van der Waals surface area (Å²) in [5, 5.41) is 14.1. The first-order valence-electron chi connectivity index (χ1n) is 10.2. The Balaban J connectivity index is 1.99. The predicted octanol–water partition coefficient (Wildman–Crippen LogP) is 3.02. The van der Waals surface area contributed by atoms with Gasteiger partial charge < -0.3 is 20.1 Å². The van der Waals surface area contributed by atoms with Gasteiger partial charge in [-0.15, -0.1) is 0 Å². The third-order valence-corrected chi connectivity index (χ3v) is 4.82. The molecule has 3 aromatic rings. The molecule has 7 nitrogen and oxygen atoms in total. The van der Waals surface area contributed by atoms with Crippen LogP contribution >= 0.6 is 0 Å². The number of methoxy groups -OCH3 is 1. The average molecular weight is 439 g/mol. The van der Waals surface area contributed by atoms with Crippen LogP contribution in [0.3, 0.4) is 0 Å². The maximum atomic E-state index is 13.2. The Morgan fingerprint density at radius 1 is 1.25 bits per heavy atom. The zero-order chi connectivity index (χ0) is 23.1. The molecule has 2 aromatic heterocycles. The van der Waals surface area contributed by atoms with Crippen LogP contribution in [0, 0.1) is 5.82 Å². The van der Waals surface area contributed by atoms with E-state index < -0.39 is 5.91 Å². The van der Waals surface area contributed by atoms with Crippen molar-refractivity contribution in [3.05, 3.63) is 70.9 Å². The molecule has 0 spiro atoms. The van der Waals surface area contributed by atoms with E-state index in [1.807, 2.05) is 25.1 Å². The molecule has 0 aliphatic rings. The summed E-state index contributed by atoms with van der Waals surface area (Å²) in [6, 6.07) is 8.14. The molecule has 2 N–H and O–H groups in total. The number of carbonyl (C=O) groups excluding carboxylic acids is 1. The smallest absolute Gasteiger partial charge is 0.273 e. The van der Waals surface area contributed by atoms with Gasteiger partial charge in [0.2, 0.25) is 0 Å². The summed E-state index contributed by atoms with van der Waals surface area (Å²) < 4.78 is 18.3. The molecule has 0 unspecified atom stereocenters. The number of nitrogens with zero attached hydrogens (tertiary/aromatic N) is 3. The summed E-state index contributed by atoms with van der Waals surface area (Å²) in [5.41, 5.74) is 2.51. The number of nitrogens with one attached hydrogen (secondary N) is 1. The monoisotopic (exact) mass is 438 g/mol. The van der Waals surface area contributed by atoms with E-state index in [0.29, 0.717) is 37.2 Å².